The summed E-state index contributed by atoms with van der Waals surface area (Å²) in [5.41, 5.74) is 6.43. The molecule has 2 N–H and O–H groups in total. The Hall–Kier alpha value is -1.88. The van der Waals surface area contributed by atoms with Gasteiger partial charge < -0.3 is 5.73 Å². The van der Waals surface area contributed by atoms with E-state index in [4.69, 9.17) is 5.73 Å². The van der Waals surface area contributed by atoms with E-state index in [1.807, 2.05) is 0 Å². The van der Waals surface area contributed by atoms with Crippen molar-refractivity contribution >= 4 is 0 Å². The van der Waals surface area contributed by atoms with Crippen LogP contribution in [0.1, 0.15) is 17.2 Å². The number of nitrogens with zero attached hydrogens (tertiary/aromatic N) is 2. The van der Waals surface area contributed by atoms with Crippen LogP contribution in [0.3, 0.4) is 0 Å². The molecule has 1 heterocycles. The lowest BCUT2D eigenvalue weighted by atomic mass is 10.0. The predicted molar refractivity (Wildman–Crippen MR) is 54.4 cm³/mol. The van der Waals surface area contributed by atoms with Crippen molar-refractivity contribution < 1.29 is 8.78 Å². The van der Waals surface area contributed by atoms with Crippen LogP contribution in [0.4, 0.5) is 8.78 Å². The van der Waals surface area contributed by atoms with Crippen molar-refractivity contribution in [1.29, 1.82) is 0 Å². The van der Waals surface area contributed by atoms with E-state index in [0.29, 0.717) is 5.56 Å². The van der Waals surface area contributed by atoms with Gasteiger partial charge in [-0.2, -0.15) is 0 Å². The standard InChI is InChI=1S/C11H9F2N3/c12-9-3-1-2-8(10(9)13)11(14)7-4-15-6-16-5-7/h1-6,11H,14H2. The van der Waals surface area contributed by atoms with E-state index in [1.165, 1.54) is 30.9 Å². The fourth-order valence-electron chi connectivity index (χ4n) is 1.41. The molecule has 0 fully saturated rings. The molecule has 1 atom stereocenters. The molecule has 0 saturated heterocycles. The number of benzene rings is 1. The fraction of sp³-hybridized carbons (Fsp3) is 0.0909. The van der Waals surface area contributed by atoms with Crippen LogP contribution in [0.5, 0.6) is 0 Å². The Kier molecular flexibility index (Phi) is 2.87. The second-order valence-electron chi connectivity index (χ2n) is 3.29. The zero-order valence-electron chi connectivity index (χ0n) is 8.27. The number of rotatable bonds is 2. The molecule has 0 bridgehead atoms. The van der Waals surface area contributed by atoms with E-state index < -0.39 is 17.7 Å². The highest BCUT2D eigenvalue weighted by Gasteiger charge is 2.16. The van der Waals surface area contributed by atoms with Crippen LogP contribution in [0.2, 0.25) is 0 Å². The van der Waals surface area contributed by atoms with E-state index >= 15 is 0 Å². The number of halogens is 2. The molecule has 2 aromatic rings. The van der Waals surface area contributed by atoms with Crippen LogP contribution < -0.4 is 5.73 Å². The Morgan fingerprint density at radius 3 is 2.50 bits per heavy atom. The van der Waals surface area contributed by atoms with Crippen molar-refractivity contribution in [3.05, 3.63) is 59.7 Å². The lowest BCUT2D eigenvalue weighted by Crippen LogP contribution is -2.14. The average Bonchev–Trinajstić information content (AvgIpc) is 2.33. The first kappa shape index (κ1) is 10.6. The van der Waals surface area contributed by atoms with Crippen molar-refractivity contribution in [3.8, 4) is 0 Å². The lowest BCUT2D eigenvalue weighted by molar-refractivity contribution is 0.494. The van der Waals surface area contributed by atoms with Crippen molar-refractivity contribution in [2.24, 2.45) is 5.73 Å². The third kappa shape index (κ3) is 1.90. The zero-order valence-corrected chi connectivity index (χ0v) is 8.27. The molecule has 82 valence electrons. The molecular formula is C11H9F2N3. The number of hydrogen-bond acceptors (Lipinski definition) is 3. The van der Waals surface area contributed by atoms with Crippen molar-refractivity contribution in [1.82, 2.24) is 9.97 Å². The Morgan fingerprint density at radius 2 is 1.81 bits per heavy atom. The van der Waals surface area contributed by atoms with Gasteiger partial charge in [0, 0.05) is 23.5 Å². The Morgan fingerprint density at radius 1 is 1.12 bits per heavy atom. The summed E-state index contributed by atoms with van der Waals surface area (Å²) in [6, 6.07) is 3.14. The summed E-state index contributed by atoms with van der Waals surface area (Å²) >= 11 is 0. The maximum atomic E-state index is 13.4. The molecule has 0 spiro atoms. The first-order chi connectivity index (χ1) is 7.70. The molecule has 5 heteroatoms. The van der Waals surface area contributed by atoms with Gasteiger partial charge in [0.15, 0.2) is 11.6 Å². The Balaban J connectivity index is 2.42. The van der Waals surface area contributed by atoms with Gasteiger partial charge in [-0.1, -0.05) is 12.1 Å². The SMILES string of the molecule is NC(c1cncnc1)c1cccc(F)c1F. The molecule has 0 radical (unpaired) electrons. The third-order valence-corrected chi connectivity index (χ3v) is 2.26. The predicted octanol–water partition coefficient (Wildman–Crippen LogP) is 1.80. The van der Waals surface area contributed by atoms with Crippen LogP contribution in [0, 0.1) is 11.6 Å². The van der Waals surface area contributed by atoms with Gasteiger partial charge in [0.1, 0.15) is 6.33 Å². The third-order valence-electron chi connectivity index (χ3n) is 2.26. The molecule has 0 saturated carbocycles. The first-order valence-electron chi connectivity index (χ1n) is 4.64. The topological polar surface area (TPSA) is 51.8 Å². The van der Waals surface area contributed by atoms with E-state index in [0.717, 1.165) is 6.07 Å². The molecule has 0 amide bonds. The first-order valence-corrected chi connectivity index (χ1v) is 4.64. The lowest BCUT2D eigenvalue weighted by Gasteiger charge is -2.12. The maximum Gasteiger partial charge on any atom is 0.163 e. The van der Waals surface area contributed by atoms with Crippen LogP contribution in [0.15, 0.2) is 36.9 Å². The Bertz CT molecular complexity index is 488. The van der Waals surface area contributed by atoms with Gasteiger partial charge in [-0.05, 0) is 6.07 Å². The summed E-state index contributed by atoms with van der Waals surface area (Å²) in [6.45, 7) is 0. The zero-order chi connectivity index (χ0) is 11.5. The number of hydrogen-bond donors (Lipinski definition) is 1. The van der Waals surface area contributed by atoms with Crippen LogP contribution in [0.25, 0.3) is 0 Å². The van der Waals surface area contributed by atoms with Gasteiger partial charge in [0.25, 0.3) is 0 Å². The van der Waals surface area contributed by atoms with E-state index in [9.17, 15) is 8.78 Å². The second kappa shape index (κ2) is 4.32. The highest BCUT2D eigenvalue weighted by atomic mass is 19.2. The second-order valence-corrected chi connectivity index (χ2v) is 3.29. The van der Waals surface area contributed by atoms with Gasteiger partial charge in [0.05, 0.1) is 6.04 Å². The number of aromatic nitrogens is 2. The Labute approximate surface area is 91.0 Å². The summed E-state index contributed by atoms with van der Waals surface area (Å²) in [5.74, 6) is -1.84. The van der Waals surface area contributed by atoms with Gasteiger partial charge in [-0.15, -0.1) is 0 Å². The minimum atomic E-state index is -0.932. The van der Waals surface area contributed by atoms with Crippen LogP contribution in [-0.2, 0) is 0 Å². The number of nitrogens with two attached hydrogens (primary N) is 1. The molecular weight excluding hydrogens is 212 g/mol. The van der Waals surface area contributed by atoms with Crippen molar-refractivity contribution in [2.75, 3.05) is 0 Å². The quantitative estimate of drug-likeness (QED) is 0.841. The van der Waals surface area contributed by atoms with Crippen molar-refractivity contribution in [2.45, 2.75) is 6.04 Å². The highest BCUT2D eigenvalue weighted by molar-refractivity contribution is 5.29. The summed E-state index contributed by atoms with van der Waals surface area (Å²) < 4.78 is 26.4. The normalized spacial score (nSPS) is 12.4. The van der Waals surface area contributed by atoms with E-state index in [2.05, 4.69) is 9.97 Å². The highest BCUT2D eigenvalue weighted by Crippen LogP contribution is 2.22. The molecule has 1 aromatic carbocycles. The average molecular weight is 221 g/mol. The molecule has 3 nitrogen and oxygen atoms in total. The monoisotopic (exact) mass is 221 g/mol. The van der Waals surface area contributed by atoms with Crippen LogP contribution in [-0.4, -0.2) is 9.97 Å². The molecule has 1 aromatic heterocycles. The minimum Gasteiger partial charge on any atom is -0.320 e. The van der Waals surface area contributed by atoms with Gasteiger partial charge in [-0.25, -0.2) is 18.7 Å². The van der Waals surface area contributed by atoms with Gasteiger partial charge in [0.2, 0.25) is 0 Å². The minimum absolute atomic E-state index is 0.0924. The molecule has 0 aliphatic carbocycles. The van der Waals surface area contributed by atoms with E-state index in [1.54, 1.807) is 0 Å². The smallest absolute Gasteiger partial charge is 0.163 e. The largest absolute Gasteiger partial charge is 0.320 e. The fourth-order valence-corrected chi connectivity index (χ4v) is 1.41. The molecule has 0 aliphatic heterocycles. The molecule has 2 rings (SSSR count). The van der Waals surface area contributed by atoms with Gasteiger partial charge >= 0.3 is 0 Å². The maximum absolute atomic E-state index is 13.4. The molecule has 1 unspecified atom stereocenters. The van der Waals surface area contributed by atoms with Gasteiger partial charge in [-0.3, -0.25) is 0 Å². The molecule has 0 aliphatic rings. The summed E-state index contributed by atoms with van der Waals surface area (Å²) in [5, 5.41) is 0. The van der Waals surface area contributed by atoms with E-state index in [-0.39, 0.29) is 5.56 Å². The molecule has 16 heavy (non-hydrogen) atoms. The van der Waals surface area contributed by atoms with Crippen LogP contribution >= 0.6 is 0 Å². The summed E-state index contributed by atoms with van der Waals surface area (Å²) in [6.07, 6.45) is 4.29. The summed E-state index contributed by atoms with van der Waals surface area (Å²) in [7, 11) is 0. The van der Waals surface area contributed by atoms with Crippen molar-refractivity contribution in [3.63, 3.8) is 0 Å². The summed E-state index contributed by atoms with van der Waals surface area (Å²) in [4.78, 5) is 7.55.